The smallest absolute Gasteiger partial charge is 0.259 e. The van der Waals surface area contributed by atoms with Crippen molar-refractivity contribution in [1.29, 1.82) is 5.26 Å². The Hall–Kier alpha value is -2.42. The third kappa shape index (κ3) is 4.29. The molecule has 6 heteroatoms. The molecule has 22 heavy (non-hydrogen) atoms. The number of halogens is 1. The Morgan fingerprint density at radius 1 is 1.45 bits per heavy atom. The molecule has 0 aromatic heterocycles. The first-order valence-electron chi connectivity index (χ1n) is 6.85. The summed E-state index contributed by atoms with van der Waals surface area (Å²) in [5.74, 6) is -1.50. The summed E-state index contributed by atoms with van der Waals surface area (Å²) in [6.45, 7) is 6.18. The highest BCUT2D eigenvalue weighted by Crippen LogP contribution is 2.18. The number of hydrogen-bond donors (Lipinski definition) is 1. The highest BCUT2D eigenvalue weighted by molar-refractivity contribution is 5.94. The Bertz CT molecular complexity index is 622. The van der Waals surface area contributed by atoms with Crippen molar-refractivity contribution >= 4 is 11.7 Å². The summed E-state index contributed by atoms with van der Waals surface area (Å²) in [5.41, 5.74) is -1.03. The van der Waals surface area contributed by atoms with Gasteiger partial charge in [0.2, 0.25) is 0 Å². The Balaban J connectivity index is 2.67. The van der Waals surface area contributed by atoms with Crippen LogP contribution in [0.4, 0.5) is 4.39 Å². The summed E-state index contributed by atoms with van der Waals surface area (Å²) in [5, 5.41) is 11.7. The van der Waals surface area contributed by atoms with Gasteiger partial charge in [-0.25, -0.2) is 4.39 Å². The van der Waals surface area contributed by atoms with E-state index in [0.717, 1.165) is 6.07 Å². The molecule has 0 saturated carbocycles. The van der Waals surface area contributed by atoms with Crippen LogP contribution in [0.5, 0.6) is 5.75 Å². The van der Waals surface area contributed by atoms with Crippen LogP contribution in [0.1, 0.15) is 38.1 Å². The van der Waals surface area contributed by atoms with Crippen LogP contribution in [0.3, 0.4) is 0 Å². The molecule has 1 aromatic carbocycles. The first-order valence-corrected chi connectivity index (χ1v) is 6.85. The highest BCUT2D eigenvalue weighted by Gasteiger charge is 2.30. The summed E-state index contributed by atoms with van der Waals surface area (Å²) >= 11 is 0. The van der Waals surface area contributed by atoms with Crippen molar-refractivity contribution in [2.75, 3.05) is 6.61 Å². The molecule has 0 aliphatic carbocycles. The zero-order chi connectivity index (χ0) is 16.9. The molecule has 1 unspecified atom stereocenters. The Morgan fingerprint density at radius 2 is 2.09 bits per heavy atom. The molecule has 1 N–H and O–H groups in total. The van der Waals surface area contributed by atoms with Gasteiger partial charge in [0.25, 0.3) is 5.91 Å². The molecule has 1 atom stereocenters. The molecule has 1 amide bonds. The van der Waals surface area contributed by atoms with Gasteiger partial charge in [0.15, 0.2) is 12.4 Å². The minimum atomic E-state index is -0.996. The van der Waals surface area contributed by atoms with E-state index in [1.807, 2.05) is 13.8 Å². The molecule has 1 aromatic rings. The molecule has 0 spiro atoms. The molecule has 0 saturated heterocycles. The van der Waals surface area contributed by atoms with Crippen LogP contribution in [0, 0.1) is 23.1 Å². The van der Waals surface area contributed by atoms with E-state index in [2.05, 4.69) is 11.4 Å². The number of carbonyl (C=O) groups excluding carboxylic acids is 2. The van der Waals surface area contributed by atoms with E-state index in [9.17, 15) is 14.0 Å². The summed E-state index contributed by atoms with van der Waals surface area (Å²) < 4.78 is 18.8. The molecular formula is C16H19FN2O3. The normalized spacial score (nSPS) is 13.1. The van der Waals surface area contributed by atoms with E-state index in [1.165, 1.54) is 19.1 Å². The van der Waals surface area contributed by atoms with Crippen LogP contribution >= 0.6 is 0 Å². The van der Waals surface area contributed by atoms with Crippen LogP contribution in [-0.2, 0) is 4.79 Å². The van der Waals surface area contributed by atoms with E-state index in [4.69, 9.17) is 10.00 Å². The Labute approximate surface area is 129 Å². The first-order chi connectivity index (χ1) is 10.2. The summed E-state index contributed by atoms with van der Waals surface area (Å²) in [6.07, 6.45) is 0. The largest absolute Gasteiger partial charge is 0.484 e. The third-order valence-electron chi connectivity index (χ3n) is 3.48. The lowest BCUT2D eigenvalue weighted by Gasteiger charge is -2.27. The number of nitriles is 1. The maximum absolute atomic E-state index is 13.6. The predicted octanol–water partition coefficient (Wildman–Crippen LogP) is 2.46. The average molecular weight is 306 g/mol. The minimum absolute atomic E-state index is 0.0336. The first kappa shape index (κ1) is 17.6. The summed E-state index contributed by atoms with van der Waals surface area (Å²) in [7, 11) is 0. The van der Waals surface area contributed by atoms with E-state index >= 15 is 0 Å². The number of amides is 1. The molecular weight excluding hydrogens is 287 g/mol. The molecule has 0 heterocycles. The van der Waals surface area contributed by atoms with Crippen LogP contribution in [0.25, 0.3) is 0 Å². The molecule has 0 aliphatic rings. The van der Waals surface area contributed by atoms with E-state index in [0.29, 0.717) is 0 Å². The number of ketones is 1. The Kier molecular flexibility index (Phi) is 5.63. The van der Waals surface area contributed by atoms with Crippen LogP contribution in [0.2, 0.25) is 0 Å². The van der Waals surface area contributed by atoms with Crippen molar-refractivity contribution in [3.8, 4) is 11.8 Å². The molecule has 5 nitrogen and oxygen atoms in total. The van der Waals surface area contributed by atoms with Gasteiger partial charge in [-0.1, -0.05) is 13.8 Å². The quantitative estimate of drug-likeness (QED) is 0.819. The van der Waals surface area contributed by atoms with Crippen molar-refractivity contribution in [1.82, 2.24) is 5.32 Å². The van der Waals surface area contributed by atoms with Gasteiger partial charge in [0, 0.05) is 6.07 Å². The van der Waals surface area contributed by atoms with Crippen LogP contribution in [0.15, 0.2) is 18.2 Å². The van der Waals surface area contributed by atoms with Gasteiger partial charge in [0.05, 0.1) is 11.6 Å². The monoisotopic (exact) mass is 306 g/mol. The number of nitrogens with one attached hydrogen (secondary N) is 1. The highest BCUT2D eigenvalue weighted by atomic mass is 19.1. The second kappa shape index (κ2) is 7.03. The Morgan fingerprint density at radius 3 is 2.55 bits per heavy atom. The number of Topliss-reactive ketones (excluding diaryl/α,β-unsaturated/α-hetero) is 1. The third-order valence-corrected chi connectivity index (χ3v) is 3.48. The fraction of sp³-hybridized carbons (Fsp3) is 0.438. The van der Waals surface area contributed by atoms with Gasteiger partial charge in [-0.15, -0.1) is 0 Å². The maximum atomic E-state index is 13.6. The maximum Gasteiger partial charge on any atom is 0.259 e. The number of rotatable bonds is 6. The van der Waals surface area contributed by atoms with E-state index in [1.54, 1.807) is 6.92 Å². The second-order valence-corrected chi connectivity index (χ2v) is 5.50. The number of hydrogen-bond acceptors (Lipinski definition) is 4. The van der Waals surface area contributed by atoms with Gasteiger partial charge in [-0.05, 0) is 31.9 Å². The van der Waals surface area contributed by atoms with Gasteiger partial charge in [0.1, 0.15) is 17.1 Å². The SMILES string of the molecule is CC(=O)c1ccc(OCC(=O)NC(C)(C#N)C(C)C)cc1F. The summed E-state index contributed by atoms with van der Waals surface area (Å²) in [6, 6.07) is 5.82. The molecule has 0 radical (unpaired) electrons. The van der Waals surface area contributed by atoms with Crippen molar-refractivity contribution in [2.24, 2.45) is 5.92 Å². The number of ether oxygens (including phenoxy) is 1. The van der Waals surface area contributed by atoms with Gasteiger partial charge in [-0.3, -0.25) is 9.59 Å². The standard InChI is InChI=1S/C16H19FN2O3/c1-10(2)16(4,9-18)19-15(21)8-22-12-5-6-13(11(3)20)14(17)7-12/h5-7,10H,8H2,1-4H3,(H,19,21). The van der Waals surface area contributed by atoms with E-state index < -0.39 is 17.3 Å². The van der Waals surface area contributed by atoms with Crippen LogP contribution < -0.4 is 10.1 Å². The van der Waals surface area contributed by atoms with Crippen molar-refractivity contribution in [3.63, 3.8) is 0 Å². The lowest BCUT2D eigenvalue weighted by atomic mass is 9.90. The van der Waals surface area contributed by atoms with Crippen molar-refractivity contribution < 1.29 is 18.7 Å². The molecule has 0 bridgehead atoms. The van der Waals surface area contributed by atoms with Gasteiger partial charge >= 0.3 is 0 Å². The van der Waals surface area contributed by atoms with Crippen molar-refractivity contribution in [2.45, 2.75) is 33.2 Å². The minimum Gasteiger partial charge on any atom is -0.484 e. The second-order valence-electron chi connectivity index (χ2n) is 5.50. The molecule has 118 valence electrons. The predicted molar refractivity (Wildman–Crippen MR) is 78.9 cm³/mol. The fourth-order valence-corrected chi connectivity index (χ4v) is 1.65. The summed E-state index contributed by atoms with van der Waals surface area (Å²) in [4.78, 5) is 22.9. The van der Waals surface area contributed by atoms with Crippen LogP contribution in [-0.4, -0.2) is 23.8 Å². The average Bonchev–Trinajstić information content (AvgIpc) is 2.44. The number of nitrogens with zero attached hydrogens (tertiary/aromatic N) is 1. The zero-order valence-corrected chi connectivity index (χ0v) is 13.1. The molecule has 0 fully saturated rings. The zero-order valence-electron chi connectivity index (χ0n) is 13.1. The van der Waals surface area contributed by atoms with Gasteiger partial charge < -0.3 is 10.1 Å². The molecule has 0 aliphatic heterocycles. The lowest BCUT2D eigenvalue weighted by molar-refractivity contribution is -0.124. The lowest BCUT2D eigenvalue weighted by Crippen LogP contribution is -2.50. The topological polar surface area (TPSA) is 79.2 Å². The fourth-order valence-electron chi connectivity index (χ4n) is 1.65. The van der Waals surface area contributed by atoms with Gasteiger partial charge in [-0.2, -0.15) is 5.26 Å². The van der Waals surface area contributed by atoms with E-state index in [-0.39, 0.29) is 29.6 Å². The van der Waals surface area contributed by atoms with Crippen molar-refractivity contribution in [3.05, 3.63) is 29.6 Å². The number of benzene rings is 1. The molecule has 1 rings (SSSR count). The number of carbonyl (C=O) groups is 2.